The second-order valence-corrected chi connectivity index (χ2v) is 5.57. The van der Waals surface area contributed by atoms with Gasteiger partial charge >= 0.3 is 0 Å². The standard InChI is InChI=1S/C14H18BrN3/c1-10(2)18-8-7-11(17-18)9-14(16)12-5-3-4-6-13(12)15/h3-8,10,14H,9,16H2,1-2H3. The molecule has 2 N–H and O–H groups in total. The van der Waals surface area contributed by atoms with E-state index in [0.717, 1.165) is 22.2 Å². The van der Waals surface area contributed by atoms with E-state index in [4.69, 9.17) is 5.73 Å². The third kappa shape index (κ3) is 3.00. The lowest BCUT2D eigenvalue weighted by molar-refractivity contribution is 0.522. The van der Waals surface area contributed by atoms with Crippen LogP contribution < -0.4 is 5.73 Å². The summed E-state index contributed by atoms with van der Waals surface area (Å²) in [6.07, 6.45) is 2.76. The maximum Gasteiger partial charge on any atom is 0.0643 e. The van der Waals surface area contributed by atoms with E-state index in [-0.39, 0.29) is 6.04 Å². The van der Waals surface area contributed by atoms with Crippen LogP contribution in [0.2, 0.25) is 0 Å². The first-order valence-corrected chi connectivity index (χ1v) is 6.91. The van der Waals surface area contributed by atoms with Gasteiger partial charge in [-0.3, -0.25) is 4.68 Å². The molecule has 0 bridgehead atoms. The average molecular weight is 308 g/mol. The third-order valence-electron chi connectivity index (χ3n) is 2.93. The lowest BCUT2D eigenvalue weighted by Gasteiger charge is -2.12. The Hall–Kier alpha value is -1.13. The highest BCUT2D eigenvalue weighted by Gasteiger charge is 2.12. The Balaban J connectivity index is 2.11. The molecule has 0 aliphatic carbocycles. The van der Waals surface area contributed by atoms with Crippen LogP contribution in [0.1, 0.15) is 37.2 Å². The predicted octanol–water partition coefficient (Wildman–Crippen LogP) is 3.47. The number of aromatic nitrogens is 2. The van der Waals surface area contributed by atoms with Crippen molar-refractivity contribution in [3.8, 4) is 0 Å². The topological polar surface area (TPSA) is 43.8 Å². The highest BCUT2D eigenvalue weighted by Crippen LogP contribution is 2.23. The molecule has 1 unspecified atom stereocenters. The van der Waals surface area contributed by atoms with Crippen LogP contribution in [-0.4, -0.2) is 9.78 Å². The van der Waals surface area contributed by atoms with Gasteiger partial charge in [0.25, 0.3) is 0 Å². The minimum absolute atomic E-state index is 0.0314. The van der Waals surface area contributed by atoms with E-state index in [1.807, 2.05) is 41.2 Å². The summed E-state index contributed by atoms with van der Waals surface area (Å²) in [5.74, 6) is 0. The highest BCUT2D eigenvalue weighted by atomic mass is 79.9. The molecule has 96 valence electrons. The molecule has 3 nitrogen and oxygen atoms in total. The molecule has 1 heterocycles. The Labute approximate surface area is 116 Å². The van der Waals surface area contributed by atoms with E-state index in [2.05, 4.69) is 34.9 Å². The minimum Gasteiger partial charge on any atom is -0.324 e. The van der Waals surface area contributed by atoms with Gasteiger partial charge in [-0.05, 0) is 31.5 Å². The number of benzene rings is 1. The number of hydrogen-bond donors (Lipinski definition) is 1. The van der Waals surface area contributed by atoms with Gasteiger partial charge in [0, 0.05) is 29.2 Å². The van der Waals surface area contributed by atoms with Gasteiger partial charge in [-0.25, -0.2) is 0 Å². The molecule has 0 aliphatic rings. The molecule has 1 aromatic heterocycles. The van der Waals surface area contributed by atoms with Crippen molar-refractivity contribution in [2.75, 3.05) is 0 Å². The van der Waals surface area contributed by atoms with E-state index in [0.29, 0.717) is 6.04 Å². The van der Waals surface area contributed by atoms with Crippen molar-refractivity contribution in [3.05, 3.63) is 52.3 Å². The zero-order valence-corrected chi connectivity index (χ0v) is 12.3. The van der Waals surface area contributed by atoms with Gasteiger partial charge in [0.1, 0.15) is 0 Å². The maximum atomic E-state index is 6.23. The first-order chi connectivity index (χ1) is 8.58. The molecule has 18 heavy (non-hydrogen) atoms. The van der Waals surface area contributed by atoms with Crippen molar-refractivity contribution in [2.24, 2.45) is 5.73 Å². The fourth-order valence-electron chi connectivity index (χ4n) is 1.88. The normalized spacial score (nSPS) is 12.9. The van der Waals surface area contributed by atoms with E-state index < -0.39 is 0 Å². The average Bonchev–Trinajstić information content (AvgIpc) is 2.78. The molecule has 0 radical (unpaired) electrons. The van der Waals surface area contributed by atoms with Crippen LogP contribution in [0.4, 0.5) is 0 Å². The van der Waals surface area contributed by atoms with Crippen LogP contribution >= 0.6 is 15.9 Å². The van der Waals surface area contributed by atoms with Gasteiger partial charge in [0.05, 0.1) is 5.69 Å². The molecule has 1 atom stereocenters. The molecule has 4 heteroatoms. The molecule has 2 aromatic rings. The number of nitrogens with two attached hydrogens (primary N) is 1. The first kappa shape index (κ1) is 13.3. The summed E-state index contributed by atoms with van der Waals surface area (Å²) in [4.78, 5) is 0. The summed E-state index contributed by atoms with van der Waals surface area (Å²) in [6, 6.07) is 10.5. The Morgan fingerprint density at radius 2 is 2.00 bits per heavy atom. The maximum absolute atomic E-state index is 6.23. The minimum atomic E-state index is -0.0314. The number of hydrogen-bond acceptors (Lipinski definition) is 2. The Kier molecular flexibility index (Phi) is 4.19. The molecular weight excluding hydrogens is 290 g/mol. The SMILES string of the molecule is CC(C)n1ccc(CC(N)c2ccccc2Br)n1. The fourth-order valence-corrected chi connectivity index (χ4v) is 2.46. The third-order valence-corrected chi connectivity index (χ3v) is 3.65. The lowest BCUT2D eigenvalue weighted by Crippen LogP contribution is -2.14. The van der Waals surface area contributed by atoms with Gasteiger partial charge in [-0.2, -0.15) is 5.10 Å². The number of halogens is 1. The summed E-state index contributed by atoms with van der Waals surface area (Å²) in [6.45, 7) is 4.23. The summed E-state index contributed by atoms with van der Waals surface area (Å²) in [5.41, 5.74) is 8.39. The van der Waals surface area contributed by atoms with E-state index in [1.54, 1.807) is 0 Å². The van der Waals surface area contributed by atoms with E-state index in [9.17, 15) is 0 Å². The van der Waals surface area contributed by atoms with Crippen LogP contribution in [0, 0.1) is 0 Å². The van der Waals surface area contributed by atoms with Gasteiger partial charge in [0.2, 0.25) is 0 Å². The zero-order valence-electron chi connectivity index (χ0n) is 10.7. The molecule has 0 aliphatic heterocycles. The summed E-state index contributed by atoms with van der Waals surface area (Å²) < 4.78 is 3.02. The van der Waals surface area contributed by atoms with Crippen LogP contribution in [0.25, 0.3) is 0 Å². The van der Waals surface area contributed by atoms with Crippen LogP contribution in [0.15, 0.2) is 41.0 Å². The molecule has 2 rings (SSSR count). The summed E-state index contributed by atoms with van der Waals surface area (Å²) in [5, 5.41) is 4.53. The molecule has 0 saturated carbocycles. The second-order valence-electron chi connectivity index (χ2n) is 4.71. The smallest absolute Gasteiger partial charge is 0.0643 e. The largest absolute Gasteiger partial charge is 0.324 e. The highest BCUT2D eigenvalue weighted by molar-refractivity contribution is 9.10. The number of rotatable bonds is 4. The van der Waals surface area contributed by atoms with Crippen molar-refractivity contribution < 1.29 is 0 Å². The van der Waals surface area contributed by atoms with Crippen molar-refractivity contribution in [2.45, 2.75) is 32.4 Å². The van der Waals surface area contributed by atoms with Crippen LogP contribution in [-0.2, 0) is 6.42 Å². The zero-order chi connectivity index (χ0) is 13.1. The Morgan fingerprint density at radius 1 is 1.28 bits per heavy atom. The van der Waals surface area contributed by atoms with Gasteiger partial charge in [-0.1, -0.05) is 34.1 Å². The monoisotopic (exact) mass is 307 g/mol. The molecule has 0 spiro atoms. The molecular formula is C14H18BrN3. The van der Waals surface area contributed by atoms with Gasteiger partial charge in [-0.15, -0.1) is 0 Å². The van der Waals surface area contributed by atoms with E-state index in [1.165, 1.54) is 0 Å². The fraction of sp³-hybridized carbons (Fsp3) is 0.357. The Morgan fingerprint density at radius 3 is 2.61 bits per heavy atom. The first-order valence-electron chi connectivity index (χ1n) is 6.12. The number of nitrogens with zero attached hydrogens (tertiary/aromatic N) is 2. The van der Waals surface area contributed by atoms with Crippen molar-refractivity contribution >= 4 is 15.9 Å². The van der Waals surface area contributed by atoms with Crippen LogP contribution in [0.3, 0.4) is 0 Å². The Bertz CT molecular complexity index is 519. The van der Waals surface area contributed by atoms with E-state index >= 15 is 0 Å². The van der Waals surface area contributed by atoms with Crippen LogP contribution in [0.5, 0.6) is 0 Å². The molecule has 0 fully saturated rings. The summed E-state index contributed by atoms with van der Waals surface area (Å²) >= 11 is 3.53. The second kappa shape index (κ2) is 5.67. The summed E-state index contributed by atoms with van der Waals surface area (Å²) in [7, 11) is 0. The van der Waals surface area contributed by atoms with Crippen molar-refractivity contribution in [3.63, 3.8) is 0 Å². The molecule has 0 saturated heterocycles. The van der Waals surface area contributed by atoms with Crippen molar-refractivity contribution in [1.82, 2.24) is 9.78 Å². The van der Waals surface area contributed by atoms with Crippen molar-refractivity contribution in [1.29, 1.82) is 0 Å². The quantitative estimate of drug-likeness (QED) is 0.940. The molecule has 1 aromatic carbocycles. The predicted molar refractivity (Wildman–Crippen MR) is 77.4 cm³/mol. The van der Waals surface area contributed by atoms with Gasteiger partial charge < -0.3 is 5.73 Å². The molecule has 0 amide bonds. The lowest BCUT2D eigenvalue weighted by atomic mass is 10.0. The van der Waals surface area contributed by atoms with Gasteiger partial charge in [0.15, 0.2) is 0 Å².